The molecule has 0 spiro atoms. The quantitative estimate of drug-likeness (QED) is 0.267. The number of hydrogen-bond acceptors (Lipinski definition) is 6. The van der Waals surface area contributed by atoms with Crippen LogP contribution in [0.4, 0.5) is 0 Å². The van der Waals surface area contributed by atoms with Gasteiger partial charge >= 0.3 is 5.97 Å². The summed E-state index contributed by atoms with van der Waals surface area (Å²) in [5.74, 6) is -0.510. The van der Waals surface area contributed by atoms with E-state index >= 15 is 0 Å². The van der Waals surface area contributed by atoms with Crippen LogP contribution in [0.25, 0.3) is 0 Å². The number of carbonyl (C=O) groups is 1. The molecule has 2 rings (SSSR count). The van der Waals surface area contributed by atoms with Gasteiger partial charge in [0, 0.05) is 14.2 Å². The first-order valence-electron chi connectivity index (χ1n) is 10.3. The van der Waals surface area contributed by atoms with Crippen LogP contribution in [0.2, 0.25) is 0 Å². The van der Waals surface area contributed by atoms with Crippen molar-refractivity contribution in [2.45, 2.75) is 44.9 Å². The normalized spacial score (nSPS) is 15.4. The van der Waals surface area contributed by atoms with E-state index in [1.165, 1.54) is 7.11 Å². The number of methoxy groups -OCH3 is 2. The first kappa shape index (κ1) is 24.8. The first-order chi connectivity index (χ1) is 15.1. The zero-order chi connectivity index (χ0) is 22.5. The molecule has 0 saturated carbocycles. The smallest absolute Gasteiger partial charge is 0.340 e. The summed E-state index contributed by atoms with van der Waals surface area (Å²) in [7, 11) is 3.02. The molecule has 0 heterocycles. The number of allylic oxidation sites excluding steroid dienone is 1. The molecule has 6 nitrogen and oxygen atoms in total. The Balaban J connectivity index is 2.19. The Kier molecular flexibility index (Phi) is 11.0. The van der Waals surface area contributed by atoms with E-state index in [0.717, 1.165) is 5.56 Å². The average molecular weight is 429 g/mol. The van der Waals surface area contributed by atoms with Gasteiger partial charge in [-0.25, -0.2) is 4.79 Å². The average Bonchev–Trinajstić information content (AvgIpc) is 2.80. The maximum Gasteiger partial charge on any atom is 0.340 e. The highest BCUT2D eigenvalue weighted by atomic mass is 16.7. The van der Waals surface area contributed by atoms with Gasteiger partial charge in [-0.2, -0.15) is 0 Å². The van der Waals surface area contributed by atoms with Crippen LogP contribution >= 0.6 is 0 Å². The van der Waals surface area contributed by atoms with E-state index in [-0.39, 0.29) is 6.79 Å². The molecule has 0 aromatic heterocycles. The Hall–Kier alpha value is -2.51. The van der Waals surface area contributed by atoms with Gasteiger partial charge in [-0.15, -0.1) is 0 Å². The van der Waals surface area contributed by atoms with Gasteiger partial charge in [0.1, 0.15) is 12.9 Å². The van der Waals surface area contributed by atoms with Crippen LogP contribution < -0.4 is 0 Å². The van der Waals surface area contributed by atoms with Gasteiger partial charge in [-0.05, 0) is 25.0 Å². The molecular formula is C25H32O6. The fourth-order valence-corrected chi connectivity index (χ4v) is 3.12. The maximum absolute atomic E-state index is 13.0. The molecule has 0 N–H and O–H groups in total. The van der Waals surface area contributed by atoms with Crippen molar-refractivity contribution in [1.82, 2.24) is 0 Å². The molecule has 168 valence electrons. The van der Waals surface area contributed by atoms with Crippen molar-refractivity contribution in [3.05, 3.63) is 83.9 Å². The number of esters is 1. The maximum atomic E-state index is 13.0. The lowest BCUT2D eigenvalue weighted by Gasteiger charge is -2.31. The van der Waals surface area contributed by atoms with Crippen LogP contribution in [-0.2, 0) is 35.1 Å². The van der Waals surface area contributed by atoms with Crippen molar-refractivity contribution in [3.8, 4) is 0 Å². The molecule has 6 heteroatoms. The second-order valence-electron chi connectivity index (χ2n) is 6.99. The molecule has 4 atom stereocenters. The molecule has 0 aliphatic rings. The minimum absolute atomic E-state index is 0.0564. The molecule has 0 amide bonds. The molecule has 0 saturated heterocycles. The van der Waals surface area contributed by atoms with Crippen LogP contribution in [0.5, 0.6) is 0 Å². The Bertz CT molecular complexity index is 777. The second-order valence-corrected chi connectivity index (χ2v) is 6.99. The number of rotatable bonds is 13. The zero-order valence-electron chi connectivity index (χ0n) is 18.6. The van der Waals surface area contributed by atoms with Gasteiger partial charge in [0.15, 0.2) is 12.2 Å². The van der Waals surface area contributed by atoms with E-state index in [2.05, 4.69) is 0 Å². The van der Waals surface area contributed by atoms with Crippen molar-refractivity contribution < 1.29 is 28.5 Å². The van der Waals surface area contributed by atoms with E-state index in [9.17, 15) is 4.79 Å². The van der Waals surface area contributed by atoms with Crippen molar-refractivity contribution >= 4 is 5.97 Å². The summed E-state index contributed by atoms with van der Waals surface area (Å²) >= 11 is 0. The topological polar surface area (TPSA) is 63.2 Å². The minimum atomic E-state index is -0.848. The fraction of sp³-hybridized carbons (Fsp3) is 0.400. The minimum Gasteiger partial charge on any atom is -0.454 e. The fourth-order valence-electron chi connectivity index (χ4n) is 3.12. The van der Waals surface area contributed by atoms with E-state index in [4.69, 9.17) is 23.7 Å². The van der Waals surface area contributed by atoms with Crippen molar-refractivity contribution in [2.24, 2.45) is 0 Å². The zero-order valence-corrected chi connectivity index (χ0v) is 18.6. The Labute approximate surface area is 184 Å². The molecular weight excluding hydrogens is 396 g/mol. The molecule has 2 aromatic carbocycles. The Morgan fingerprint density at radius 3 is 2.19 bits per heavy atom. The summed E-state index contributed by atoms with van der Waals surface area (Å²) in [4.78, 5) is 13.0. The lowest BCUT2D eigenvalue weighted by molar-refractivity contribution is -0.186. The molecule has 0 unspecified atom stereocenters. The van der Waals surface area contributed by atoms with Crippen LogP contribution in [0, 0.1) is 0 Å². The van der Waals surface area contributed by atoms with Gasteiger partial charge in [0.2, 0.25) is 0 Å². The lowest BCUT2D eigenvalue weighted by atomic mass is 10.1. The Morgan fingerprint density at radius 2 is 1.61 bits per heavy atom. The van der Waals surface area contributed by atoms with Gasteiger partial charge in [-0.1, -0.05) is 72.8 Å². The highest BCUT2D eigenvalue weighted by Gasteiger charge is 2.33. The third-order valence-corrected chi connectivity index (χ3v) is 4.71. The number of hydrogen-bond donors (Lipinski definition) is 0. The van der Waals surface area contributed by atoms with Gasteiger partial charge < -0.3 is 23.7 Å². The van der Waals surface area contributed by atoms with Crippen molar-refractivity contribution in [2.75, 3.05) is 21.0 Å². The monoisotopic (exact) mass is 428 g/mol. The third kappa shape index (κ3) is 7.92. The molecule has 0 aliphatic heterocycles. The second kappa shape index (κ2) is 13.7. The summed E-state index contributed by atoms with van der Waals surface area (Å²) in [6.45, 7) is 4.17. The van der Waals surface area contributed by atoms with E-state index in [1.807, 2.05) is 86.7 Å². The standard InChI is InChI=1S/C25H32O6/c1-5-12-22(30-18-27-3)23(19(2)29-17-20-13-8-6-9-14-20)31-25(26)24(28-4)21-15-10-7-11-16-21/h5-16,19,22-24H,17-18H2,1-4H3/b12-5+/t19-,22+,23-,24+/m0/s1. The third-order valence-electron chi connectivity index (χ3n) is 4.71. The summed E-state index contributed by atoms with van der Waals surface area (Å²) in [6, 6.07) is 19.0. The van der Waals surface area contributed by atoms with Crippen molar-refractivity contribution in [3.63, 3.8) is 0 Å². The predicted octanol–water partition coefficient (Wildman–Crippen LogP) is 4.46. The largest absolute Gasteiger partial charge is 0.454 e. The summed E-state index contributed by atoms with van der Waals surface area (Å²) in [5.41, 5.74) is 1.74. The molecule has 0 aliphatic carbocycles. The van der Waals surface area contributed by atoms with E-state index in [1.54, 1.807) is 7.11 Å². The highest BCUT2D eigenvalue weighted by Crippen LogP contribution is 2.22. The van der Waals surface area contributed by atoms with E-state index < -0.39 is 30.4 Å². The molecule has 0 radical (unpaired) electrons. The summed E-state index contributed by atoms with van der Waals surface area (Å²) < 4.78 is 28.2. The molecule has 0 bridgehead atoms. The highest BCUT2D eigenvalue weighted by molar-refractivity contribution is 5.76. The van der Waals surface area contributed by atoms with Crippen LogP contribution in [-0.4, -0.2) is 45.3 Å². The first-order valence-corrected chi connectivity index (χ1v) is 10.3. The van der Waals surface area contributed by atoms with Crippen molar-refractivity contribution in [1.29, 1.82) is 0 Å². The summed E-state index contributed by atoms with van der Waals surface area (Å²) in [5, 5.41) is 0. The Morgan fingerprint density at radius 1 is 0.968 bits per heavy atom. The molecule has 31 heavy (non-hydrogen) atoms. The summed E-state index contributed by atoms with van der Waals surface area (Å²) in [6.07, 6.45) is 1.12. The molecule has 0 fully saturated rings. The lowest BCUT2D eigenvalue weighted by Crippen LogP contribution is -2.43. The number of ether oxygens (including phenoxy) is 5. The van der Waals surface area contributed by atoms with Gasteiger partial charge in [-0.3, -0.25) is 0 Å². The van der Waals surface area contributed by atoms with Crippen LogP contribution in [0.15, 0.2) is 72.8 Å². The van der Waals surface area contributed by atoms with Crippen LogP contribution in [0.3, 0.4) is 0 Å². The van der Waals surface area contributed by atoms with Crippen LogP contribution in [0.1, 0.15) is 31.1 Å². The SMILES string of the molecule is C/C=C/[C@@H](OCOC)[C@@H](OC(=O)[C@H](OC)c1ccccc1)[C@H](C)OCc1ccccc1. The predicted molar refractivity (Wildman–Crippen MR) is 118 cm³/mol. The number of benzene rings is 2. The van der Waals surface area contributed by atoms with Gasteiger partial charge in [0.05, 0.1) is 12.7 Å². The van der Waals surface area contributed by atoms with Gasteiger partial charge in [0.25, 0.3) is 0 Å². The molecule has 2 aromatic rings. The van der Waals surface area contributed by atoms with E-state index in [0.29, 0.717) is 12.2 Å². The number of carbonyl (C=O) groups excluding carboxylic acids is 1.